The third-order valence-corrected chi connectivity index (χ3v) is 5.05. The Morgan fingerprint density at radius 1 is 1.18 bits per heavy atom. The molecule has 1 aromatic heterocycles. The lowest BCUT2D eigenvalue weighted by Crippen LogP contribution is -2.29. The molecule has 1 N–H and O–H groups in total. The third kappa shape index (κ3) is 4.48. The first-order valence-corrected chi connectivity index (χ1v) is 10.3. The molecule has 6 nitrogen and oxygen atoms in total. The SMILES string of the molecule is CCCCn1nc(C(=O)N/N=C\c2ccc(SC)cc2)c2ccccc2c1=O. The molecule has 0 aliphatic rings. The molecule has 3 rings (SSSR count). The fourth-order valence-electron chi connectivity index (χ4n) is 2.77. The van der Waals surface area contributed by atoms with Crippen LogP contribution in [0, 0.1) is 0 Å². The molecule has 0 atom stereocenters. The molecule has 0 bridgehead atoms. The number of hydrazone groups is 1. The maximum atomic E-state index is 12.7. The van der Waals surface area contributed by atoms with Gasteiger partial charge in [0.25, 0.3) is 11.5 Å². The van der Waals surface area contributed by atoms with Crippen LogP contribution >= 0.6 is 11.8 Å². The van der Waals surface area contributed by atoms with E-state index in [9.17, 15) is 9.59 Å². The van der Waals surface area contributed by atoms with Crippen molar-refractivity contribution < 1.29 is 4.79 Å². The summed E-state index contributed by atoms with van der Waals surface area (Å²) in [5, 5.41) is 9.34. The minimum absolute atomic E-state index is 0.182. The molecule has 0 aliphatic heterocycles. The predicted octanol–water partition coefficient (Wildman–Crippen LogP) is 3.68. The zero-order valence-corrected chi connectivity index (χ0v) is 16.7. The normalized spacial score (nSPS) is 11.2. The second kappa shape index (κ2) is 9.32. The Labute approximate surface area is 167 Å². The van der Waals surface area contributed by atoms with E-state index in [1.54, 1.807) is 42.2 Å². The lowest BCUT2D eigenvalue weighted by atomic mass is 10.1. The van der Waals surface area contributed by atoms with E-state index in [1.807, 2.05) is 37.4 Å². The highest BCUT2D eigenvalue weighted by Gasteiger charge is 2.16. The van der Waals surface area contributed by atoms with Crippen molar-refractivity contribution in [2.45, 2.75) is 31.2 Å². The summed E-state index contributed by atoms with van der Waals surface area (Å²) in [6.45, 7) is 2.52. The van der Waals surface area contributed by atoms with E-state index >= 15 is 0 Å². The predicted molar refractivity (Wildman–Crippen MR) is 114 cm³/mol. The Hall–Kier alpha value is -2.93. The van der Waals surface area contributed by atoms with Crippen molar-refractivity contribution in [3.05, 3.63) is 70.1 Å². The molecule has 144 valence electrons. The number of benzene rings is 2. The van der Waals surface area contributed by atoms with Crippen molar-refractivity contribution in [3.8, 4) is 0 Å². The number of unbranched alkanes of at least 4 members (excludes halogenated alkanes) is 1. The van der Waals surface area contributed by atoms with Gasteiger partial charge in [-0.3, -0.25) is 9.59 Å². The first-order chi connectivity index (χ1) is 13.6. The highest BCUT2D eigenvalue weighted by molar-refractivity contribution is 7.98. The van der Waals surface area contributed by atoms with Crippen LogP contribution in [0.5, 0.6) is 0 Å². The van der Waals surface area contributed by atoms with Gasteiger partial charge in [0.15, 0.2) is 5.69 Å². The van der Waals surface area contributed by atoms with Crippen molar-refractivity contribution in [3.63, 3.8) is 0 Å². The molecule has 2 aromatic carbocycles. The molecule has 0 aliphatic carbocycles. The number of rotatable bonds is 7. The van der Waals surface area contributed by atoms with E-state index in [0.717, 1.165) is 23.3 Å². The highest BCUT2D eigenvalue weighted by atomic mass is 32.2. The number of nitrogens with one attached hydrogen (secondary N) is 1. The average Bonchev–Trinajstić information content (AvgIpc) is 2.74. The van der Waals surface area contributed by atoms with Gasteiger partial charge in [-0.25, -0.2) is 10.1 Å². The number of hydrogen-bond donors (Lipinski definition) is 1. The van der Waals surface area contributed by atoms with Gasteiger partial charge >= 0.3 is 0 Å². The van der Waals surface area contributed by atoms with Gasteiger partial charge in [0, 0.05) is 16.8 Å². The van der Waals surface area contributed by atoms with Gasteiger partial charge in [-0.05, 0) is 36.4 Å². The topological polar surface area (TPSA) is 76.3 Å². The number of carbonyl (C=O) groups is 1. The van der Waals surface area contributed by atoms with Crippen LogP contribution in [0.15, 0.2) is 63.3 Å². The van der Waals surface area contributed by atoms with E-state index in [0.29, 0.717) is 17.3 Å². The van der Waals surface area contributed by atoms with Gasteiger partial charge in [0.2, 0.25) is 0 Å². The Morgan fingerprint density at radius 3 is 2.57 bits per heavy atom. The number of hydrogen-bond acceptors (Lipinski definition) is 5. The van der Waals surface area contributed by atoms with Crippen molar-refractivity contribution in [2.24, 2.45) is 5.10 Å². The molecule has 0 spiro atoms. The second-order valence-electron chi connectivity index (χ2n) is 6.25. The Morgan fingerprint density at radius 2 is 1.89 bits per heavy atom. The summed E-state index contributed by atoms with van der Waals surface area (Å²) in [4.78, 5) is 26.4. The third-order valence-electron chi connectivity index (χ3n) is 4.30. The molecule has 3 aromatic rings. The number of carbonyl (C=O) groups excluding carboxylic acids is 1. The largest absolute Gasteiger partial charge is 0.292 e. The lowest BCUT2D eigenvalue weighted by Gasteiger charge is -2.09. The van der Waals surface area contributed by atoms with E-state index in [4.69, 9.17) is 0 Å². The number of aryl methyl sites for hydroxylation is 1. The molecule has 1 heterocycles. The van der Waals surface area contributed by atoms with Crippen LogP contribution in [0.1, 0.15) is 35.8 Å². The van der Waals surface area contributed by atoms with Gasteiger partial charge < -0.3 is 0 Å². The summed E-state index contributed by atoms with van der Waals surface area (Å²) < 4.78 is 1.37. The second-order valence-corrected chi connectivity index (χ2v) is 7.13. The molecule has 0 radical (unpaired) electrons. The van der Waals surface area contributed by atoms with Gasteiger partial charge in [0.05, 0.1) is 11.6 Å². The quantitative estimate of drug-likeness (QED) is 0.377. The van der Waals surface area contributed by atoms with Crippen LogP contribution in [0.25, 0.3) is 10.8 Å². The summed E-state index contributed by atoms with van der Waals surface area (Å²) in [5.74, 6) is -0.446. The zero-order valence-electron chi connectivity index (χ0n) is 15.9. The highest BCUT2D eigenvalue weighted by Crippen LogP contribution is 2.15. The fourth-order valence-corrected chi connectivity index (χ4v) is 3.18. The van der Waals surface area contributed by atoms with Crippen molar-refractivity contribution in [1.29, 1.82) is 0 Å². The van der Waals surface area contributed by atoms with Gasteiger partial charge in [0.1, 0.15) is 0 Å². The lowest BCUT2D eigenvalue weighted by molar-refractivity contribution is 0.0949. The zero-order chi connectivity index (χ0) is 19.9. The molecular weight excluding hydrogens is 372 g/mol. The van der Waals surface area contributed by atoms with Crippen molar-refractivity contribution in [2.75, 3.05) is 6.26 Å². The van der Waals surface area contributed by atoms with Crippen LogP contribution in [0.4, 0.5) is 0 Å². The first kappa shape index (κ1) is 19.8. The molecule has 0 fully saturated rings. The molecule has 0 unspecified atom stereocenters. The molecule has 28 heavy (non-hydrogen) atoms. The van der Waals surface area contributed by atoms with Gasteiger partial charge in [-0.1, -0.05) is 43.7 Å². The van der Waals surface area contributed by atoms with E-state index < -0.39 is 5.91 Å². The summed E-state index contributed by atoms with van der Waals surface area (Å²) >= 11 is 1.66. The summed E-state index contributed by atoms with van der Waals surface area (Å²) in [6, 6.07) is 14.9. The number of thioether (sulfide) groups is 1. The summed E-state index contributed by atoms with van der Waals surface area (Å²) in [6.07, 6.45) is 5.34. The molecule has 1 amide bonds. The van der Waals surface area contributed by atoms with Gasteiger partial charge in [-0.2, -0.15) is 10.2 Å². The van der Waals surface area contributed by atoms with Crippen LogP contribution in [0.2, 0.25) is 0 Å². The van der Waals surface area contributed by atoms with Gasteiger partial charge in [-0.15, -0.1) is 11.8 Å². The molecule has 7 heteroatoms. The van der Waals surface area contributed by atoms with E-state index in [-0.39, 0.29) is 11.3 Å². The Bertz CT molecular complexity index is 1060. The minimum atomic E-state index is -0.446. The average molecular weight is 395 g/mol. The Kier molecular flexibility index (Phi) is 6.60. The fraction of sp³-hybridized carbons (Fsp3) is 0.238. The number of nitrogens with zero attached hydrogens (tertiary/aromatic N) is 3. The molecule has 0 saturated heterocycles. The van der Waals surface area contributed by atoms with E-state index in [1.165, 1.54) is 4.68 Å². The summed E-state index contributed by atoms with van der Waals surface area (Å²) in [5.41, 5.74) is 3.41. The maximum Gasteiger partial charge on any atom is 0.292 e. The monoisotopic (exact) mass is 394 g/mol. The standard InChI is InChI=1S/C21H22N4O2S/c1-3-4-13-25-21(27)18-8-6-5-7-17(18)19(24-25)20(26)23-22-14-15-9-11-16(28-2)12-10-15/h5-12,14H,3-4,13H2,1-2H3,(H,23,26)/b22-14-. The number of amides is 1. The summed E-state index contributed by atoms with van der Waals surface area (Å²) in [7, 11) is 0. The Balaban J connectivity index is 1.86. The van der Waals surface area contributed by atoms with Crippen LogP contribution < -0.4 is 11.0 Å². The first-order valence-electron chi connectivity index (χ1n) is 9.11. The minimum Gasteiger partial charge on any atom is -0.267 e. The number of fused-ring (bicyclic) bond motifs is 1. The number of aromatic nitrogens is 2. The molecule has 0 saturated carbocycles. The maximum absolute atomic E-state index is 12.7. The smallest absolute Gasteiger partial charge is 0.267 e. The van der Waals surface area contributed by atoms with Crippen LogP contribution in [-0.4, -0.2) is 28.2 Å². The van der Waals surface area contributed by atoms with Crippen molar-refractivity contribution >= 4 is 34.7 Å². The van der Waals surface area contributed by atoms with Crippen LogP contribution in [0.3, 0.4) is 0 Å². The van der Waals surface area contributed by atoms with E-state index in [2.05, 4.69) is 15.6 Å². The molecular formula is C21H22N4O2S. The van der Waals surface area contributed by atoms with Crippen LogP contribution in [-0.2, 0) is 6.54 Å². The van der Waals surface area contributed by atoms with Crippen molar-refractivity contribution in [1.82, 2.24) is 15.2 Å².